The van der Waals surface area contributed by atoms with Crippen molar-refractivity contribution in [2.45, 2.75) is 69.5 Å². The molecule has 0 aliphatic heterocycles. The lowest BCUT2D eigenvalue weighted by molar-refractivity contribution is -0.122. The average molecular weight is 526 g/mol. The maximum absolute atomic E-state index is 13.1. The highest BCUT2D eigenvalue weighted by atomic mass is 35.5. The summed E-state index contributed by atoms with van der Waals surface area (Å²) in [4.78, 5) is 33.6. The van der Waals surface area contributed by atoms with Gasteiger partial charge in [0.05, 0.1) is 11.9 Å². The first-order chi connectivity index (χ1) is 18.0. The number of halogens is 1. The second-order valence-corrected chi connectivity index (χ2v) is 10.1. The lowest BCUT2D eigenvalue weighted by Crippen LogP contribution is -2.40. The number of imidazole rings is 1. The summed E-state index contributed by atoms with van der Waals surface area (Å²) in [6, 6.07) is 6.04. The van der Waals surface area contributed by atoms with Gasteiger partial charge in [-0.2, -0.15) is 0 Å². The number of rotatable bonds is 10. The van der Waals surface area contributed by atoms with E-state index >= 15 is 0 Å². The third kappa shape index (κ3) is 6.47. The third-order valence-electron chi connectivity index (χ3n) is 6.67. The Balaban J connectivity index is 1.30. The highest BCUT2D eigenvalue weighted by Gasteiger charge is 2.26. The Bertz CT molecular complexity index is 1270. The second kappa shape index (κ2) is 11.3. The minimum absolute atomic E-state index is 0.0738. The van der Waals surface area contributed by atoms with Crippen LogP contribution in [0.4, 0.5) is 17.2 Å². The molecule has 0 spiro atoms. The first kappa shape index (κ1) is 25.2. The van der Waals surface area contributed by atoms with Crippen LogP contribution in [0.1, 0.15) is 61.9 Å². The van der Waals surface area contributed by atoms with E-state index in [-0.39, 0.29) is 23.9 Å². The molecule has 37 heavy (non-hydrogen) atoms. The van der Waals surface area contributed by atoms with E-state index in [4.69, 9.17) is 22.4 Å². The molecule has 0 radical (unpaired) electrons. The zero-order valence-electron chi connectivity index (χ0n) is 20.5. The smallest absolute Gasteiger partial charge is 0.276 e. The highest BCUT2D eigenvalue weighted by Crippen LogP contribution is 2.30. The molecule has 0 aromatic carbocycles. The summed E-state index contributed by atoms with van der Waals surface area (Å²) in [5.74, 6) is 0.400. The maximum Gasteiger partial charge on any atom is 0.276 e. The van der Waals surface area contributed by atoms with Gasteiger partial charge in [-0.25, -0.2) is 14.5 Å². The fourth-order valence-corrected chi connectivity index (χ4v) is 4.75. The Kier molecular flexibility index (Phi) is 7.71. The molecule has 6 N–H and O–H groups in total. The molecular formula is C25H32ClN9O2. The second-order valence-electron chi connectivity index (χ2n) is 9.71. The molecule has 3 heterocycles. The van der Waals surface area contributed by atoms with Gasteiger partial charge < -0.3 is 27.0 Å². The molecule has 0 unspecified atom stereocenters. The lowest BCUT2D eigenvalue weighted by atomic mass is 9.91. The van der Waals surface area contributed by atoms with E-state index in [2.05, 4.69) is 31.2 Å². The Morgan fingerprint density at radius 3 is 2.49 bits per heavy atom. The number of anilines is 3. The summed E-state index contributed by atoms with van der Waals surface area (Å²) in [7, 11) is 0. The van der Waals surface area contributed by atoms with Gasteiger partial charge in [-0.05, 0) is 63.6 Å². The molecule has 12 heteroatoms. The Morgan fingerprint density at radius 2 is 1.76 bits per heavy atom. The number of hydrogen-bond acceptors (Lipinski definition) is 8. The third-order valence-corrected chi connectivity index (χ3v) is 6.88. The van der Waals surface area contributed by atoms with Crippen LogP contribution in [0.3, 0.4) is 0 Å². The van der Waals surface area contributed by atoms with Gasteiger partial charge >= 0.3 is 0 Å². The summed E-state index contributed by atoms with van der Waals surface area (Å²) in [6.45, 7) is 0.525. The van der Waals surface area contributed by atoms with Gasteiger partial charge in [0.15, 0.2) is 11.3 Å². The molecule has 0 atom stereocenters. The van der Waals surface area contributed by atoms with Crippen molar-refractivity contribution in [1.29, 1.82) is 0 Å². The van der Waals surface area contributed by atoms with Crippen LogP contribution in [0.2, 0.25) is 5.15 Å². The van der Waals surface area contributed by atoms with E-state index in [1.165, 1.54) is 12.4 Å². The molecule has 2 saturated carbocycles. The van der Waals surface area contributed by atoms with Crippen LogP contribution in [-0.2, 0) is 4.79 Å². The van der Waals surface area contributed by atoms with Crippen LogP contribution in [0.15, 0.2) is 30.6 Å². The van der Waals surface area contributed by atoms with Crippen LogP contribution >= 0.6 is 11.6 Å². The van der Waals surface area contributed by atoms with E-state index in [0.29, 0.717) is 53.4 Å². The molecule has 2 aliphatic rings. The van der Waals surface area contributed by atoms with Crippen molar-refractivity contribution in [3.05, 3.63) is 41.4 Å². The molecular weight excluding hydrogens is 494 g/mol. The van der Waals surface area contributed by atoms with E-state index in [9.17, 15) is 9.59 Å². The van der Waals surface area contributed by atoms with Crippen molar-refractivity contribution in [3.63, 3.8) is 0 Å². The zero-order valence-corrected chi connectivity index (χ0v) is 21.3. The van der Waals surface area contributed by atoms with Gasteiger partial charge in [0.25, 0.3) is 5.91 Å². The number of carbonyl (C=O) groups is 2. The van der Waals surface area contributed by atoms with Crippen LogP contribution in [0, 0.1) is 0 Å². The summed E-state index contributed by atoms with van der Waals surface area (Å²) < 4.78 is 1.58. The molecule has 2 fully saturated rings. The molecule has 3 aromatic heterocycles. The van der Waals surface area contributed by atoms with Crippen molar-refractivity contribution in [2.75, 3.05) is 22.5 Å². The Morgan fingerprint density at radius 1 is 1.03 bits per heavy atom. The number of nitrogens with two attached hydrogens (primary N) is 1. The van der Waals surface area contributed by atoms with Crippen molar-refractivity contribution >= 4 is 46.3 Å². The van der Waals surface area contributed by atoms with Gasteiger partial charge in [0.2, 0.25) is 5.91 Å². The molecule has 3 aromatic rings. The van der Waals surface area contributed by atoms with Gasteiger partial charge in [-0.15, -0.1) is 5.10 Å². The lowest BCUT2D eigenvalue weighted by Gasteiger charge is -2.30. The molecule has 5 rings (SSSR count). The fraction of sp³-hybridized carbons (Fsp3) is 0.480. The molecule has 2 aliphatic carbocycles. The van der Waals surface area contributed by atoms with Crippen LogP contribution < -0.4 is 27.0 Å². The van der Waals surface area contributed by atoms with E-state index in [0.717, 1.165) is 44.2 Å². The number of amides is 2. The Hall–Kier alpha value is -3.44. The summed E-state index contributed by atoms with van der Waals surface area (Å²) in [5, 5.41) is 18.0. The molecule has 196 valence electrons. The fourth-order valence-electron chi connectivity index (χ4n) is 4.58. The zero-order chi connectivity index (χ0) is 25.8. The number of pyridine rings is 1. The van der Waals surface area contributed by atoms with Gasteiger partial charge in [-0.1, -0.05) is 11.6 Å². The molecule has 11 nitrogen and oxygen atoms in total. The van der Waals surface area contributed by atoms with E-state index in [1.54, 1.807) is 16.6 Å². The SMILES string of the molecule is NCCCC(=O)N[C@H]1CC[C@H](Nc2cc(NC3CC3)c3ncc(C(=O)Nc4ccnc(Cl)c4)n3n2)CC1. The number of nitrogens with one attached hydrogen (secondary N) is 4. The monoisotopic (exact) mass is 525 g/mol. The number of aromatic nitrogens is 4. The predicted octanol–water partition coefficient (Wildman–Crippen LogP) is 3.18. The van der Waals surface area contributed by atoms with Gasteiger partial charge in [0, 0.05) is 42.5 Å². The maximum atomic E-state index is 13.1. The normalized spacial score (nSPS) is 19.4. The van der Waals surface area contributed by atoms with Gasteiger partial charge in [0.1, 0.15) is 11.0 Å². The van der Waals surface area contributed by atoms with Gasteiger partial charge in [-0.3, -0.25) is 9.59 Å². The number of fused-ring (bicyclic) bond motifs is 1. The van der Waals surface area contributed by atoms with E-state index in [1.807, 2.05) is 6.07 Å². The van der Waals surface area contributed by atoms with E-state index < -0.39 is 0 Å². The summed E-state index contributed by atoms with van der Waals surface area (Å²) >= 11 is 5.96. The molecule has 0 saturated heterocycles. The molecule has 0 bridgehead atoms. The summed E-state index contributed by atoms with van der Waals surface area (Å²) in [5.41, 5.74) is 7.79. The number of carbonyl (C=O) groups excluding carboxylic acids is 2. The average Bonchev–Trinajstić information content (AvgIpc) is 3.59. The van der Waals surface area contributed by atoms with Crippen molar-refractivity contribution < 1.29 is 9.59 Å². The minimum atomic E-state index is -0.345. The standard InChI is InChI=1S/C25H32ClN9O2/c26-21-12-18(9-11-28-21)33-25(37)20-14-29-24-19(30-15-3-4-15)13-22(34-35(20)24)31-16-5-7-17(8-6-16)32-23(36)2-1-10-27/h9,11-17,30H,1-8,10,27H2,(H,31,34)(H,32,36)(H,28,33,37)/t16-,17-. The first-order valence-electron chi connectivity index (χ1n) is 12.8. The van der Waals surface area contributed by atoms with Crippen molar-refractivity contribution in [3.8, 4) is 0 Å². The number of nitrogens with zero attached hydrogens (tertiary/aromatic N) is 4. The molecule has 2 amide bonds. The number of hydrogen-bond donors (Lipinski definition) is 5. The summed E-state index contributed by atoms with van der Waals surface area (Å²) in [6.07, 6.45) is 10.1. The topological polar surface area (TPSA) is 151 Å². The van der Waals surface area contributed by atoms with Crippen LogP contribution in [0.5, 0.6) is 0 Å². The predicted molar refractivity (Wildman–Crippen MR) is 143 cm³/mol. The highest BCUT2D eigenvalue weighted by molar-refractivity contribution is 6.29. The first-order valence-corrected chi connectivity index (χ1v) is 13.2. The quantitative estimate of drug-likeness (QED) is 0.253. The minimum Gasteiger partial charge on any atom is -0.379 e. The largest absolute Gasteiger partial charge is 0.379 e. The van der Waals surface area contributed by atoms with Crippen LogP contribution in [0.25, 0.3) is 5.65 Å². The van der Waals surface area contributed by atoms with Crippen LogP contribution in [-0.4, -0.2) is 56.1 Å². The Labute approximate surface area is 219 Å². The van der Waals surface area contributed by atoms with Crippen molar-refractivity contribution in [1.82, 2.24) is 24.9 Å². The van der Waals surface area contributed by atoms with Crippen molar-refractivity contribution in [2.24, 2.45) is 5.73 Å².